The van der Waals surface area contributed by atoms with Crippen LogP contribution in [0.1, 0.15) is 52.9 Å². The summed E-state index contributed by atoms with van der Waals surface area (Å²) in [4.78, 5) is 2.76. The highest BCUT2D eigenvalue weighted by atomic mass is 15.2. The molecule has 0 radical (unpaired) electrons. The van der Waals surface area contributed by atoms with Gasteiger partial charge in [-0.05, 0) is 64.0 Å². The zero-order valence-electron chi connectivity index (χ0n) is 10.1. The fraction of sp³-hybridized carbons (Fsp3) is 1.00. The smallest absolute Gasteiger partial charge is 0.0186 e. The molecule has 0 amide bonds. The molecule has 1 heterocycles. The zero-order chi connectivity index (χ0) is 10.2. The van der Waals surface area contributed by atoms with Gasteiger partial charge in [-0.2, -0.15) is 0 Å². The minimum Gasteiger partial charge on any atom is -0.298 e. The standard InChI is InChI=1S/C13H25N/c1-11-8-12(2)10-13(3,9-11)14-6-4-5-7-14/h11-12H,4-10H2,1-3H3/t11-,12+,13-. The van der Waals surface area contributed by atoms with Crippen molar-refractivity contribution < 1.29 is 0 Å². The van der Waals surface area contributed by atoms with Crippen LogP contribution in [0.4, 0.5) is 0 Å². The molecule has 82 valence electrons. The average molecular weight is 195 g/mol. The summed E-state index contributed by atoms with van der Waals surface area (Å²) in [6.45, 7) is 10.1. The van der Waals surface area contributed by atoms with Gasteiger partial charge in [-0.25, -0.2) is 0 Å². The van der Waals surface area contributed by atoms with Crippen LogP contribution in [0.5, 0.6) is 0 Å². The molecule has 1 heteroatoms. The molecule has 1 aliphatic heterocycles. The van der Waals surface area contributed by atoms with Crippen molar-refractivity contribution in [1.29, 1.82) is 0 Å². The third-order valence-electron chi connectivity index (χ3n) is 4.25. The van der Waals surface area contributed by atoms with Crippen LogP contribution >= 0.6 is 0 Å². The van der Waals surface area contributed by atoms with Gasteiger partial charge in [0.15, 0.2) is 0 Å². The molecule has 0 aromatic rings. The summed E-state index contributed by atoms with van der Waals surface area (Å²) in [5.41, 5.74) is 0.535. The largest absolute Gasteiger partial charge is 0.298 e. The van der Waals surface area contributed by atoms with Crippen molar-refractivity contribution in [1.82, 2.24) is 4.90 Å². The second-order valence-corrected chi connectivity index (χ2v) is 6.05. The summed E-state index contributed by atoms with van der Waals surface area (Å²) in [5.74, 6) is 1.87. The molecule has 1 nitrogen and oxygen atoms in total. The second-order valence-electron chi connectivity index (χ2n) is 6.05. The maximum Gasteiger partial charge on any atom is 0.0186 e. The lowest BCUT2D eigenvalue weighted by Gasteiger charge is -2.46. The van der Waals surface area contributed by atoms with Gasteiger partial charge in [0, 0.05) is 5.54 Å². The highest BCUT2D eigenvalue weighted by Gasteiger charge is 2.39. The van der Waals surface area contributed by atoms with E-state index in [0.717, 1.165) is 11.8 Å². The number of likely N-dealkylation sites (tertiary alicyclic amines) is 1. The first-order chi connectivity index (χ1) is 6.60. The Morgan fingerprint density at radius 1 is 1.00 bits per heavy atom. The van der Waals surface area contributed by atoms with E-state index in [9.17, 15) is 0 Å². The van der Waals surface area contributed by atoms with E-state index in [4.69, 9.17) is 0 Å². The molecule has 2 aliphatic rings. The van der Waals surface area contributed by atoms with Gasteiger partial charge in [0.2, 0.25) is 0 Å². The fourth-order valence-corrected chi connectivity index (χ4v) is 3.95. The molecule has 0 spiro atoms. The van der Waals surface area contributed by atoms with E-state index < -0.39 is 0 Å². The molecule has 1 saturated carbocycles. The van der Waals surface area contributed by atoms with Gasteiger partial charge in [-0.15, -0.1) is 0 Å². The van der Waals surface area contributed by atoms with Crippen LogP contribution in [-0.4, -0.2) is 23.5 Å². The van der Waals surface area contributed by atoms with E-state index in [2.05, 4.69) is 25.7 Å². The van der Waals surface area contributed by atoms with Crippen LogP contribution in [0.25, 0.3) is 0 Å². The van der Waals surface area contributed by atoms with Crippen molar-refractivity contribution >= 4 is 0 Å². The molecule has 0 aromatic heterocycles. The van der Waals surface area contributed by atoms with Gasteiger partial charge in [-0.1, -0.05) is 13.8 Å². The maximum atomic E-state index is 2.76. The van der Waals surface area contributed by atoms with Crippen LogP contribution in [-0.2, 0) is 0 Å². The first-order valence-electron chi connectivity index (χ1n) is 6.35. The Kier molecular flexibility index (Phi) is 2.88. The summed E-state index contributed by atoms with van der Waals surface area (Å²) < 4.78 is 0. The van der Waals surface area contributed by atoms with Crippen molar-refractivity contribution in [2.45, 2.75) is 58.4 Å². The molecular formula is C13H25N. The van der Waals surface area contributed by atoms with Gasteiger partial charge in [0.1, 0.15) is 0 Å². The van der Waals surface area contributed by atoms with Crippen LogP contribution < -0.4 is 0 Å². The van der Waals surface area contributed by atoms with Crippen LogP contribution in [0.3, 0.4) is 0 Å². The molecule has 1 saturated heterocycles. The Morgan fingerprint density at radius 3 is 2.00 bits per heavy atom. The summed E-state index contributed by atoms with van der Waals surface area (Å²) in [6, 6.07) is 0. The SMILES string of the molecule is C[C@@H]1C[C@H](C)C[C@](C)(N2CCCC2)C1. The summed E-state index contributed by atoms with van der Waals surface area (Å²) in [7, 11) is 0. The van der Waals surface area contributed by atoms with Crippen molar-refractivity contribution in [2.24, 2.45) is 11.8 Å². The molecular weight excluding hydrogens is 170 g/mol. The van der Waals surface area contributed by atoms with E-state index in [1.165, 1.54) is 45.2 Å². The van der Waals surface area contributed by atoms with Crippen molar-refractivity contribution in [3.63, 3.8) is 0 Å². The van der Waals surface area contributed by atoms with Gasteiger partial charge in [0.25, 0.3) is 0 Å². The number of rotatable bonds is 1. The predicted molar refractivity (Wildman–Crippen MR) is 61.4 cm³/mol. The van der Waals surface area contributed by atoms with E-state index in [1.54, 1.807) is 0 Å². The second kappa shape index (κ2) is 3.84. The number of hydrogen-bond acceptors (Lipinski definition) is 1. The minimum absolute atomic E-state index is 0.535. The highest BCUT2D eigenvalue weighted by molar-refractivity contribution is 4.94. The maximum absolute atomic E-state index is 2.76. The molecule has 0 bridgehead atoms. The average Bonchev–Trinajstić information content (AvgIpc) is 2.52. The molecule has 0 N–H and O–H groups in total. The lowest BCUT2D eigenvalue weighted by molar-refractivity contribution is 0.0457. The quantitative estimate of drug-likeness (QED) is 0.620. The molecule has 0 aromatic carbocycles. The van der Waals surface area contributed by atoms with E-state index >= 15 is 0 Å². The Balaban J connectivity index is 2.05. The third-order valence-corrected chi connectivity index (χ3v) is 4.25. The van der Waals surface area contributed by atoms with Gasteiger partial charge in [0.05, 0.1) is 0 Å². The van der Waals surface area contributed by atoms with Crippen LogP contribution in [0, 0.1) is 11.8 Å². The lowest BCUT2D eigenvalue weighted by Crippen LogP contribution is -2.49. The van der Waals surface area contributed by atoms with Crippen molar-refractivity contribution in [3.05, 3.63) is 0 Å². The Hall–Kier alpha value is -0.0400. The van der Waals surface area contributed by atoms with Gasteiger partial charge >= 0.3 is 0 Å². The first kappa shape index (κ1) is 10.5. The molecule has 2 rings (SSSR count). The Labute approximate surface area is 88.9 Å². The molecule has 1 aliphatic carbocycles. The van der Waals surface area contributed by atoms with E-state index in [1.807, 2.05) is 0 Å². The summed E-state index contributed by atoms with van der Waals surface area (Å²) in [6.07, 6.45) is 7.16. The monoisotopic (exact) mass is 195 g/mol. The Morgan fingerprint density at radius 2 is 1.50 bits per heavy atom. The predicted octanol–water partition coefficient (Wildman–Crippen LogP) is 3.30. The van der Waals surface area contributed by atoms with Gasteiger partial charge in [-0.3, -0.25) is 4.90 Å². The van der Waals surface area contributed by atoms with E-state index in [-0.39, 0.29) is 0 Å². The first-order valence-corrected chi connectivity index (χ1v) is 6.35. The number of nitrogens with zero attached hydrogens (tertiary/aromatic N) is 1. The van der Waals surface area contributed by atoms with Crippen LogP contribution in [0.2, 0.25) is 0 Å². The molecule has 3 atom stereocenters. The topological polar surface area (TPSA) is 3.24 Å². The minimum atomic E-state index is 0.535. The van der Waals surface area contributed by atoms with Crippen molar-refractivity contribution in [2.75, 3.05) is 13.1 Å². The highest BCUT2D eigenvalue weighted by Crippen LogP contribution is 2.40. The van der Waals surface area contributed by atoms with Crippen molar-refractivity contribution in [3.8, 4) is 0 Å². The summed E-state index contributed by atoms with van der Waals surface area (Å²) >= 11 is 0. The normalized spacial score (nSPS) is 45.6. The lowest BCUT2D eigenvalue weighted by atomic mass is 9.72. The van der Waals surface area contributed by atoms with E-state index in [0.29, 0.717) is 5.54 Å². The molecule has 0 unspecified atom stereocenters. The zero-order valence-corrected chi connectivity index (χ0v) is 10.1. The van der Waals surface area contributed by atoms with Crippen LogP contribution in [0.15, 0.2) is 0 Å². The number of hydrogen-bond donors (Lipinski definition) is 0. The molecule has 2 fully saturated rings. The Bertz CT molecular complexity index is 183. The van der Waals surface area contributed by atoms with Gasteiger partial charge < -0.3 is 0 Å². The third kappa shape index (κ3) is 1.98. The molecule has 14 heavy (non-hydrogen) atoms. The fourth-order valence-electron chi connectivity index (χ4n) is 3.95. The summed E-state index contributed by atoms with van der Waals surface area (Å²) in [5, 5.41) is 0.